The molecule has 1 saturated heterocycles. The molecule has 0 radical (unpaired) electrons. The molecule has 0 bridgehead atoms. The number of nitrogens with zero attached hydrogens (tertiary/aromatic N) is 1. The van der Waals surface area contributed by atoms with Crippen LogP contribution in [0.2, 0.25) is 0 Å². The van der Waals surface area contributed by atoms with Crippen LogP contribution in [0.25, 0.3) is 0 Å². The molecule has 2 aromatic rings. The van der Waals surface area contributed by atoms with Crippen LogP contribution in [0.15, 0.2) is 48.5 Å². The molecule has 1 N–H and O–H groups in total. The highest BCUT2D eigenvalue weighted by molar-refractivity contribution is 5.96. The van der Waals surface area contributed by atoms with Gasteiger partial charge in [-0.2, -0.15) is 0 Å². The fourth-order valence-electron chi connectivity index (χ4n) is 4.15. The maximum Gasteiger partial charge on any atom is 0.254 e. The van der Waals surface area contributed by atoms with Gasteiger partial charge in [0, 0.05) is 31.1 Å². The van der Waals surface area contributed by atoms with Gasteiger partial charge in [0.05, 0.1) is 5.92 Å². The van der Waals surface area contributed by atoms with Crippen molar-refractivity contribution in [1.82, 2.24) is 10.2 Å². The average molecular weight is 393 g/mol. The van der Waals surface area contributed by atoms with Gasteiger partial charge in [-0.3, -0.25) is 9.59 Å². The summed E-state index contributed by atoms with van der Waals surface area (Å²) in [5.74, 6) is 0.405. The van der Waals surface area contributed by atoms with E-state index >= 15 is 0 Å². The van der Waals surface area contributed by atoms with Gasteiger partial charge >= 0.3 is 0 Å². The lowest BCUT2D eigenvalue weighted by Gasteiger charge is -2.20. The van der Waals surface area contributed by atoms with Crippen LogP contribution in [0.3, 0.4) is 0 Å². The lowest BCUT2D eigenvalue weighted by atomic mass is 9.86. The monoisotopic (exact) mass is 392 g/mol. The van der Waals surface area contributed by atoms with E-state index in [1.165, 1.54) is 5.56 Å². The molecule has 1 heterocycles. The van der Waals surface area contributed by atoms with E-state index in [1.807, 2.05) is 48.2 Å². The van der Waals surface area contributed by atoms with Crippen molar-refractivity contribution >= 4 is 11.8 Å². The van der Waals surface area contributed by atoms with Gasteiger partial charge in [0.25, 0.3) is 5.91 Å². The largest absolute Gasteiger partial charge is 0.356 e. The summed E-state index contributed by atoms with van der Waals surface area (Å²) in [6.45, 7) is 10.0. The van der Waals surface area contributed by atoms with E-state index in [4.69, 9.17) is 0 Å². The molecule has 4 heteroatoms. The lowest BCUT2D eigenvalue weighted by molar-refractivity contribution is -0.124. The molecule has 2 amide bonds. The van der Waals surface area contributed by atoms with Gasteiger partial charge < -0.3 is 10.2 Å². The topological polar surface area (TPSA) is 49.4 Å². The first-order valence-electron chi connectivity index (χ1n) is 10.6. The van der Waals surface area contributed by atoms with Crippen molar-refractivity contribution in [3.63, 3.8) is 0 Å². The molecule has 3 rings (SSSR count). The fourth-order valence-corrected chi connectivity index (χ4v) is 4.15. The van der Waals surface area contributed by atoms with Gasteiger partial charge in [-0.1, -0.05) is 56.3 Å². The average Bonchev–Trinajstić information content (AvgIpc) is 3.13. The molecule has 0 aliphatic carbocycles. The summed E-state index contributed by atoms with van der Waals surface area (Å²) in [6, 6.07) is 15.9. The molecular formula is C25H32N2O2. The molecule has 4 nitrogen and oxygen atoms in total. The maximum absolute atomic E-state index is 13.2. The highest BCUT2D eigenvalue weighted by Crippen LogP contribution is 2.35. The van der Waals surface area contributed by atoms with Crippen LogP contribution in [0.1, 0.15) is 53.2 Å². The maximum atomic E-state index is 13.2. The van der Waals surface area contributed by atoms with Crippen LogP contribution in [0.5, 0.6) is 0 Å². The van der Waals surface area contributed by atoms with Gasteiger partial charge in [-0.15, -0.1) is 0 Å². The zero-order valence-corrected chi connectivity index (χ0v) is 17.9. The zero-order chi connectivity index (χ0) is 21.0. The second kappa shape index (κ2) is 9.25. The zero-order valence-electron chi connectivity index (χ0n) is 17.9. The normalized spacial score (nSPS) is 18.9. The van der Waals surface area contributed by atoms with E-state index in [0.29, 0.717) is 25.6 Å². The lowest BCUT2D eigenvalue weighted by Crippen LogP contribution is -2.36. The molecule has 1 fully saturated rings. The number of amides is 2. The predicted octanol–water partition coefficient (Wildman–Crippen LogP) is 4.32. The minimum atomic E-state index is -0.226. The van der Waals surface area contributed by atoms with Crippen molar-refractivity contribution in [3.05, 3.63) is 70.8 Å². The number of nitrogens with one attached hydrogen (secondary N) is 1. The van der Waals surface area contributed by atoms with Crippen molar-refractivity contribution in [3.8, 4) is 0 Å². The van der Waals surface area contributed by atoms with Crippen LogP contribution < -0.4 is 5.32 Å². The van der Waals surface area contributed by atoms with E-state index in [9.17, 15) is 9.59 Å². The molecule has 0 saturated carbocycles. The Hall–Kier alpha value is -2.62. The van der Waals surface area contributed by atoms with Gasteiger partial charge in [0.1, 0.15) is 0 Å². The first kappa shape index (κ1) is 21.1. The summed E-state index contributed by atoms with van der Waals surface area (Å²) < 4.78 is 0. The molecule has 29 heavy (non-hydrogen) atoms. The van der Waals surface area contributed by atoms with Crippen molar-refractivity contribution in [2.45, 2.75) is 40.0 Å². The smallest absolute Gasteiger partial charge is 0.254 e. The van der Waals surface area contributed by atoms with Crippen LogP contribution in [0, 0.1) is 25.7 Å². The molecule has 1 aliphatic rings. The molecule has 0 aromatic heterocycles. The van der Waals surface area contributed by atoms with Crippen LogP contribution in [-0.2, 0) is 4.79 Å². The Labute approximate surface area is 174 Å². The minimum Gasteiger partial charge on any atom is -0.356 e. The van der Waals surface area contributed by atoms with E-state index in [2.05, 4.69) is 38.2 Å². The summed E-state index contributed by atoms with van der Waals surface area (Å²) in [5.41, 5.74) is 4.02. The number of carbonyl (C=O) groups excluding carboxylic acids is 2. The first-order valence-corrected chi connectivity index (χ1v) is 10.6. The quantitative estimate of drug-likeness (QED) is 0.796. The van der Waals surface area contributed by atoms with Crippen molar-refractivity contribution in [1.29, 1.82) is 0 Å². The van der Waals surface area contributed by atoms with Crippen molar-refractivity contribution < 1.29 is 9.59 Å². The van der Waals surface area contributed by atoms with Gasteiger partial charge in [-0.05, 0) is 48.9 Å². The molecule has 2 unspecified atom stereocenters. The predicted molar refractivity (Wildman–Crippen MR) is 117 cm³/mol. The van der Waals surface area contributed by atoms with Crippen LogP contribution >= 0.6 is 0 Å². The number of rotatable bonds is 6. The number of aryl methyl sites for hydroxylation is 2. The second-order valence-corrected chi connectivity index (χ2v) is 8.57. The Morgan fingerprint density at radius 3 is 2.31 bits per heavy atom. The minimum absolute atomic E-state index is 0.0131. The third kappa shape index (κ3) is 4.87. The Balaban J connectivity index is 1.84. The number of carbonyl (C=O) groups is 2. The van der Waals surface area contributed by atoms with Crippen LogP contribution in [-0.4, -0.2) is 36.3 Å². The Morgan fingerprint density at radius 2 is 1.66 bits per heavy atom. The number of likely N-dealkylation sites (tertiary alicyclic amines) is 1. The number of hydrogen-bond acceptors (Lipinski definition) is 2. The third-order valence-corrected chi connectivity index (χ3v) is 5.93. The summed E-state index contributed by atoms with van der Waals surface area (Å²) in [4.78, 5) is 28.1. The molecule has 2 atom stereocenters. The van der Waals surface area contributed by atoms with Crippen molar-refractivity contribution in [2.75, 3.05) is 19.6 Å². The highest BCUT2D eigenvalue weighted by Gasteiger charge is 2.41. The molecule has 1 aliphatic heterocycles. The number of hydrogen-bond donors (Lipinski definition) is 1. The Kier molecular flexibility index (Phi) is 6.73. The summed E-state index contributed by atoms with van der Waals surface area (Å²) in [7, 11) is 0. The second-order valence-electron chi connectivity index (χ2n) is 8.57. The summed E-state index contributed by atoms with van der Waals surface area (Å²) >= 11 is 0. The van der Waals surface area contributed by atoms with Crippen molar-refractivity contribution in [2.24, 2.45) is 11.8 Å². The molecule has 154 valence electrons. The van der Waals surface area contributed by atoms with Gasteiger partial charge in [-0.25, -0.2) is 0 Å². The molecular weight excluding hydrogens is 360 g/mol. The van der Waals surface area contributed by atoms with E-state index in [-0.39, 0.29) is 23.7 Å². The molecule has 2 aromatic carbocycles. The number of benzene rings is 2. The standard InChI is InChI=1S/C25H32N2O2/c1-17(2)13-14-26-24(28)23-16-27(25(29)21-12-8-6-10-19(21)4)15-22(23)20-11-7-5-9-18(20)3/h5-12,17,22-23H,13-16H2,1-4H3,(H,26,28). The Bertz CT molecular complexity index is 875. The Morgan fingerprint density at radius 1 is 1.00 bits per heavy atom. The van der Waals surface area contributed by atoms with E-state index in [1.54, 1.807) is 0 Å². The van der Waals surface area contributed by atoms with Gasteiger partial charge in [0.15, 0.2) is 0 Å². The molecule has 0 spiro atoms. The highest BCUT2D eigenvalue weighted by atomic mass is 16.2. The fraction of sp³-hybridized carbons (Fsp3) is 0.440. The first-order chi connectivity index (χ1) is 13.9. The van der Waals surface area contributed by atoms with E-state index < -0.39 is 0 Å². The van der Waals surface area contributed by atoms with E-state index in [0.717, 1.165) is 23.1 Å². The SMILES string of the molecule is Cc1ccccc1C(=O)N1CC(C(=O)NCCC(C)C)C(c2ccccc2C)C1. The third-order valence-electron chi connectivity index (χ3n) is 5.93. The summed E-state index contributed by atoms with van der Waals surface area (Å²) in [5, 5.41) is 3.11. The van der Waals surface area contributed by atoms with Crippen LogP contribution in [0.4, 0.5) is 0 Å². The van der Waals surface area contributed by atoms with Gasteiger partial charge in [0.2, 0.25) is 5.91 Å². The summed E-state index contributed by atoms with van der Waals surface area (Å²) in [6.07, 6.45) is 0.958.